The van der Waals surface area contributed by atoms with E-state index in [1.54, 1.807) is 24.2 Å². The molecular formula is C23H24ClN5OS. The molecule has 1 N–H and O–H groups in total. The van der Waals surface area contributed by atoms with E-state index < -0.39 is 0 Å². The molecule has 3 heterocycles. The van der Waals surface area contributed by atoms with Gasteiger partial charge in [0.1, 0.15) is 5.82 Å². The van der Waals surface area contributed by atoms with Crippen molar-refractivity contribution in [2.45, 2.75) is 10.8 Å². The Hall–Kier alpha value is -2.61. The Morgan fingerprint density at radius 2 is 1.90 bits per heavy atom. The molecule has 2 aromatic heterocycles. The number of halogens is 1. The quantitative estimate of drug-likeness (QED) is 0.541. The molecule has 3 aromatic rings. The van der Waals surface area contributed by atoms with E-state index in [1.807, 2.05) is 48.5 Å². The Morgan fingerprint density at radius 1 is 1.03 bits per heavy atom. The summed E-state index contributed by atoms with van der Waals surface area (Å²) in [4.78, 5) is 25.6. The van der Waals surface area contributed by atoms with Gasteiger partial charge in [0, 0.05) is 50.0 Å². The number of rotatable bonds is 7. The van der Waals surface area contributed by atoms with Gasteiger partial charge in [0.25, 0.3) is 0 Å². The SMILES string of the molecule is O=C(CN1CCN(c2ccc(Cl)cn2)CC1)Nc1cccc(CSc2ccccn2)c1. The largest absolute Gasteiger partial charge is 0.354 e. The summed E-state index contributed by atoms with van der Waals surface area (Å²) in [6.45, 7) is 3.69. The van der Waals surface area contributed by atoms with Crippen LogP contribution in [0.15, 0.2) is 72.0 Å². The van der Waals surface area contributed by atoms with Crippen molar-refractivity contribution in [2.24, 2.45) is 0 Å². The number of piperazine rings is 1. The zero-order valence-electron chi connectivity index (χ0n) is 17.1. The topological polar surface area (TPSA) is 61.4 Å². The van der Waals surface area contributed by atoms with Crippen LogP contribution in [-0.2, 0) is 10.5 Å². The van der Waals surface area contributed by atoms with E-state index >= 15 is 0 Å². The maximum Gasteiger partial charge on any atom is 0.238 e. The lowest BCUT2D eigenvalue weighted by Crippen LogP contribution is -2.48. The van der Waals surface area contributed by atoms with E-state index in [1.165, 1.54) is 0 Å². The molecular weight excluding hydrogens is 430 g/mol. The molecule has 31 heavy (non-hydrogen) atoms. The Bertz CT molecular complexity index is 994. The van der Waals surface area contributed by atoms with Crippen LogP contribution in [0.4, 0.5) is 11.5 Å². The van der Waals surface area contributed by atoms with Crippen LogP contribution >= 0.6 is 23.4 Å². The average Bonchev–Trinajstić information content (AvgIpc) is 2.80. The summed E-state index contributed by atoms with van der Waals surface area (Å²) in [5.74, 6) is 1.74. The van der Waals surface area contributed by atoms with Gasteiger partial charge in [-0.2, -0.15) is 0 Å². The molecule has 0 radical (unpaired) electrons. The van der Waals surface area contributed by atoms with Crippen LogP contribution in [0.3, 0.4) is 0 Å². The molecule has 0 aliphatic carbocycles. The summed E-state index contributed by atoms with van der Waals surface area (Å²) >= 11 is 7.59. The number of hydrogen-bond donors (Lipinski definition) is 1. The maximum absolute atomic E-state index is 12.6. The first-order chi connectivity index (χ1) is 15.2. The smallest absolute Gasteiger partial charge is 0.238 e. The van der Waals surface area contributed by atoms with Gasteiger partial charge in [0.05, 0.1) is 16.6 Å². The normalized spacial score (nSPS) is 14.4. The van der Waals surface area contributed by atoms with E-state index in [-0.39, 0.29) is 5.91 Å². The fourth-order valence-corrected chi connectivity index (χ4v) is 4.34. The molecule has 1 fully saturated rings. The molecule has 1 aliphatic rings. The third-order valence-corrected chi connectivity index (χ3v) is 6.25. The predicted octanol–water partition coefficient (Wildman–Crippen LogP) is 4.18. The highest BCUT2D eigenvalue weighted by Crippen LogP contribution is 2.22. The van der Waals surface area contributed by atoms with E-state index in [0.717, 1.165) is 54.0 Å². The number of hydrogen-bond acceptors (Lipinski definition) is 6. The standard InChI is InChI=1S/C23H24ClN5OS/c24-19-7-8-21(26-15-19)29-12-10-28(11-13-29)16-22(30)27-20-5-3-4-18(14-20)17-31-23-6-1-2-9-25-23/h1-9,14-15H,10-13,16-17H2,(H,27,30). The van der Waals surface area contributed by atoms with Crippen LogP contribution in [0.5, 0.6) is 0 Å². The molecule has 0 atom stereocenters. The van der Waals surface area contributed by atoms with E-state index in [9.17, 15) is 4.79 Å². The van der Waals surface area contributed by atoms with Crippen molar-refractivity contribution in [3.8, 4) is 0 Å². The van der Waals surface area contributed by atoms with Crippen LogP contribution in [0.1, 0.15) is 5.56 Å². The molecule has 0 saturated carbocycles. The van der Waals surface area contributed by atoms with Crippen LogP contribution < -0.4 is 10.2 Å². The average molecular weight is 454 g/mol. The summed E-state index contributed by atoms with van der Waals surface area (Å²) in [7, 11) is 0. The lowest BCUT2D eigenvalue weighted by atomic mass is 10.2. The molecule has 160 valence electrons. The van der Waals surface area contributed by atoms with E-state index in [4.69, 9.17) is 11.6 Å². The van der Waals surface area contributed by atoms with Crippen LogP contribution in [0.2, 0.25) is 5.02 Å². The van der Waals surface area contributed by atoms with Gasteiger partial charge in [0.15, 0.2) is 0 Å². The number of aromatic nitrogens is 2. The third-order valence-electron chi connectivity index (χ3n) is 5.01. The number of carbonyl (C=O) groups excluding carboxylic acids is 1. The number of amides is 1. The summed E-state index contributed by atoms with van der Waals surface area (Å²) < 4.78 is 0. The number of benzene rings is 1. The fraction of sp³-hybridized carbons (Fsp3) is 0.261. The van der Waals surface area contributed by atoms with E-state index in [0.29, 0.717) is 11.6 Å². The Labute approximate surface area is 191 Å². The molecule has 1 amide bonds. The molecule has 8 heteroatoms. The summed E-state index contributed by atoms with van der Waals surface area (Å²) in [6, 6.07) is 17.7. The molecule has 6 nitrogen and oxygen atoms in total. The maximum atomic E-state index is 12.6. The van der Waals surface area contributed by atoms with Gasteiger partial charge < -0.3 is 10.2 Å². The fourth-order valence-electron chi connectivity index (χ4n) is 3.42. The zero-order valence-corrected chi connectivity index (χ0v) is 18.6. The Morgan fingerprint density at radius 3 is 2.65 bits per heavy atom. The summed E-state index contributed by atoms with van der Waals surface area (Å²) in [5.41, 5.74) is 1.98. The van der Waals surface area contributed by atoms with Gasteiger partial charge in [-0.3, -0.25) is 9.69 Å². The molecule has 0 spiro atoms. The molecule has 0 unspecified atom stereocenters. The van der Waals surface area contributed by atoms with Gasteiger partial charge in [-0.05, 0) is 42.0 Å². The lowest BCUT2D eigenvalue weighted by Gasteiger charge is -2.35. The first kappa shape index (κ1) is 21.6. The minimum atomic E-state index is 0.00703. The van der Waals surface area contributed by atoms with Crippen LogP contribution in [0, 0.1) is 0 Å². The van der Waals surface area contributed by atoms with Crippen molar-refractivity contribution in [2.75, 3.05) is 42.9 Å². The number of nitrogens with one attached hydrogen (secondary N) is 1. The predicted molar refractivity (Wildman–Crippen MR) is 127 cm³/mol. The van der Waals surface area contributed by atoms with Crippen molar-refractivity contribution >= 4 is 40.8 Å². The number of anilines is 2. The van der Waals surface area contributed by atoms with Crippen molar-refractivity contribution in [1.29, 1.82) is 0 Å². The molecule has 0 bridgehead atoms. The highest BCUT2D eigenvalue weighted by Gasteiger charge is 2.20. The van der Waals surface area contributed by atoms with E-state index in [2.05, 4.69) is 31.2 Å². The first-order valence-corrected chi connectivity index (χ1v) is 11.5. The first-order valence-electron chi connectivity index (χ1n) is 10.2. The minimum Gasteiger partial charge on any atom is -0.354 e. The number of pyridine rings is 2. The third kappa shape index (κ3) is 6.43. The van der Waals surface area contributed by atoms with Crippen molar-refractivity contribution in [3.05, 3.63) is 77.6 Å². The van der Waals surface area contributed by atoms with Crippen LogP contribution in [-0.4, -0.2) is 53.5 Å². The van der Waals surface area contributed by atoms with Gasteiger partial charge >= 0.3 is 0 Å². The number of nitrogens with zero attached hydrogens (tertiary/aromatic N) is 4. The van der Waals surface area contributed by atoms with Gasteiger partial charge in [-0.15, -0.1) is 11.8 Å². The summed E-state index contributed by atoms with van der Waals surface area (Å²) in [5, 5.41) is 4.66. The van der Waals surface area contributed by atoms with Crippen molar-refractivity contribution in [3.63, 3.8) is 0 Å². The number of carbonyl (C=O) groups is 1. The number of thioether (sulfide) groups is 1. The molecule has 1 aromatic carbocycles. The monoisotopic (exact) mass is 453 g/mol. The second-order valence-electron chi connectivity index (χ2n) is 7.30. The van der Waals surface area contributed by atoms with Crippen LogP contribution in [0.25, 0.3) is 0 Å². The lowest BCUT2D eigenvalue weighted by molar-refractivity contribution is -0.117. The van der Waals surface area contributed by atoms with Crippen molar-refractivity contribution < 1.29 is 4.79 Å². The zero-order chi connectivity index (χ0) is 21.5. The molecule has 1 saturated heterocycles. The highest BCUT2D eigenvalue weighted by molar-refractivity contribution is 7.98. The van der Waals surface area contributed by atoms with Crippen molar-refractivity contribution in [1.82, 2.24) is 14.9 Å². The van der Waals surface area contributed by atoms with Gasteiger partial charge in [-0.1, -0.05) is 29.8 Å². The second kappa shape index (κ2) is 10.6. The van der Waals surface area contributed by atoms with Gasteiger partial charge in [-0.25, -0.2) is 9.97 Å². The highest BCUT2D eigenvalue weighted by atomic mass is 35.5. The summed E-state index contributed by atoms with van der Waals surface area (Å²) in [6.07, 6.45) is 3.46. The Balaban J connectivity index is 1.24. The van der Waals surface area contributed by atoms with Gasteiger partial charge in [0.2, 0.25) is 5.91 Å². The second-order valence-corrected chi connectivity index (χ2v) is 8.74. The molecule has 4 rings (SSSR count). The Kier molecular flexibility index (Phi) is 7.40. The minimum absolute atomic E-state index is 0.00703. The molecule has 1 aliphatic heterocycles.